The first-order chi connectivity index (χ1) is 10.7. The van der Waals surface area contributed by atoms with E-state index in [1.807, 2.05) is 24.3 Å². The van der Waals surface area contributed by atoms with E-state index in [9.17, 15) is 4.79 Å². The number of ether oxygens (including phenoxy) is 3. The minimum absolute atomic E-state index is 0.0462. The smallest absolute Gasteiger partial charge is 0.170 e. The molecule has 22 heavy (non-hydrogen) atoms. The summed E-state index contributed by atoms with van der Waals surface area (Å²) < 4.78 is 16.3. The van der Waals surface area contributed by atoms with Gasteiger partial charge in [-0.25, -0.2) is 0 Å². The maximum Gasteiger partial charge on any atom is 0.170 e. The van der Waals surface area contributed by atoms with E-state index in [1.54, 1.807) is 19.2 Å². The number of halogens is 1. The van der Waals surface area contributed by atoms with E-state index in [0.717, 1.165) is 11.3 Å². The first-order valence-corrected chi connectivity index (χ1v) is 7.31. The number of benzene rings is 2. The number of fused-ring (bicyclic) bond motifs is 1. The zero-order valence-electron chi connectivity index (χ0n) is 12.1. The quantitative estimate of drug-likeness (QED) is 0.858. The third-order valence-electron chi connectivity index (χ3n) is 3.49. The molecule has 0 atom stereocenters. The number of carbonyl (C=O) groups excluding carboxylic acids is 1. The molecule has 0 bridgehead atoms. The SMILES string of the molecule is COc1ccc(COc2ccc3c(c2Cl)OCCC3=O)cc1. The van der Waals surface area contributed by atoms with E-state index in [4.69, 9.17) is 25.8 Å². The van der Waals surface area contributed by atoms with Crippen LogP contribution in [0.4, 0.5) is 0 Å². The van der Waals surface area contributed by atoms with Gasteiger partial charge in [-0.3, -0.25) is 4.79 Å². The molecule has 0 radical (unpaired) electrons. The molecule has 1 aliphatic heterocycles. The van der Waals surface area contributed by atoms with Gasteiger partial charge in [0.15, 0.2) is 11.5 Å². The molecule has 0 aromatic heterocycles. The van der Waals surface area contributed by atoms with Crippen LogP contribution in [0.3, 0.4) is 0 Å². The molecule has 0 aliphatic carbocycles. The van der Waals surface area contributed by atoms with Crippen molar-refractivity contribution in [2.24, 2.45) is 0 Å². The summed E-state index contributed by atoms with van der Waals surface area (Å²) in [6, 6.07) is 11.0. The van der Waals surface area contributed by atoms with Crippen LogP contribution >= 0.6 is 11.6 Å². The van der Waals surface area contributed by atoms with E-state index in [2.05, 4.69) is 0 Å². The lowest BCUT2D eigenvalue weighted by molar-refractivity contribution is 0.0933. The molecule has 114 valence electrons. The zero-order chi connectivity index (χ0) is 15.5. The molecule has 0 N–H and O–H groups in total. The van der Waals surface area contributed by atoms with Gasteiger partial charge in [0.25, 0.3) is 0 Å². The largest absolute Gasteiger partial charge is 0.497 e. The van der Waals surface area contributed by atoms with Crippen molar-refractivity contribution < 1.29 is 19.0 Å². The fourth-order valence-corrected chi connectivity index (χ4v) is 2.55. The Morgan fingerprint density at radius 3 is 2.68 bits per heavy atom. The van der Waals surface area contributed by atoms with Crippen LogP contribution in [0.1, 0.15) is 22.3 Å². The lowest BCUT2D eigenvalue weighted by Gasteiger charge is -2.19. The van der Waals surface area contributed by atoms with Gasteiger partial charge in [0.2, 0.25) is 0 Å². The van der Waals surface area contributed by atoms with Crippen molar-refractivity contribution >= 4 is 17.4 Å². The molecule has 2 aromatic carbocycles. The summed E-state index contributed by atoms with van der Waals surface area (Å²) in [7, 11) is 1.62. The Kier molecular flexibility index (Phi) is 4.20. The number of hydrogen-bond acceptors (Lipinski definition) is 4. The van der Waals surface area contributed by atoms with E-state index in [1.165, 1.54) is 0 Å². The molecule has 0 amide bonds. The number of ketones is 1. The number of carbonyl (C=O) groups is 1. The number of hydrogen-bond donors (Lipinski definition) is 0. The Bertz CT molecular complexity index is 695. The summed E-state index contributed by atoms with van der Waals surface area (Å²) in [6.45, 7) is 0.726. The van der Waals surface area contributed by atoms with Crippen molar-refractivity contribution in [1.82, 2.24) is 0 Å². The van der Waals surface area contributed by atoms with Crippen LogP contribution < -0.4 is 14.2 Å². The summed E-state index contributed by atoms with van der Waals surface area (Å²) in [4.78, 5) is 11.8. The summed E-state index contributed by atoms with van der Waals surface area (Å²) in [5.41, 5.74) is 1.51. The van der Waals surface area contributed by atoms with Crippen LogP contribution in [0.25, 0.3) is 0 Å². The van der Waals surface area contributed by atoms with E-state index in [0.29, 0.717) is 41.7 Å². The molecular formula is C17H15ClO4. The highest BCUT2D eigenvalue weighted by molar-refractivity contribution is 6.34. The van der Waals surface area contributed by atoms with Gasteiger partial charge in [-0.1, -0.05) is 23.7 Å². The Morgan fingerprint density at radius 2 is 1.95 bits per heavy atom. The maximum atomic E-state index is 11.8. The summed E-state index contributed by atoms with van der Waals surface area (Å²) in [6.07, 6.45) is 0.384. The second-order valence-corrected chi connectivity index (χ2v) is 5.29. The Hall–Kier alpha value is -2.20. The predicted octanol–water partition coefficient (Wildman–Crippen LogP) is 3.89. The first kappa shape index (κ1) is 14.7. The zero-order valence-corrected chi connectivity index (χ0v) is 12.9. The van der Waals surface area contributed by atoms with Gasteiger partial charge in [0.1, 0.15) is 23.1 Å². The summed E-state index contributed by atoms with van der Waals surface area (Å²) in [5, 5.41) is 0.346. The minimum Gasteiger partial charge on any atom is -0.497 e. The molecule has 0 unspecified atom stereocenters. The van der Waals surface area contributed by atoms with Crippen molar-refractivity contribution in [2.75, 3.05) is 13.7 Å². The molecule has 1 aliphatic rings. The predicted molar refractivity (Wildman–Crippen MR) is 83.2 cm³/mol. The molecule has 1 heterocycles. The molecule has 0 fully saturated rings. The first-order valence-electron chi connectivity index (χ1n) is 6.93. The van der Waals surface area contributed by atoms with Crippen molar-refractivity contribution in [3.63, 3.8) is 0 Å². The fourth-order valence-electron chi connectivity index (χ4n) is 2.27. The molecule has 2 aromatic rings. The van der Waals surface area contributed by atoms with Gasteiger partial charge in [0, 0.05) is 6.42 Å². The molecule has 5 heteroatoms. The number of methoxy groups -OCH3 is 1. The van der Waals surface area contributed by atoms with Gasteiger partial charge in [-0.05, 0) is 29.8 Å². The Balaban J connectivity index is 1.76. The number of Topliss-reactive ketones (excluding diaryl/α,β-unsaturated/α-hetero) is 1. The molecule has 0 saturated heterocycles. The highest BCUT2D eigenvalue weighted by atomic mass is 35.5. The summed E-state index contributed by atoms with van der Waals surface area (Å²) in [5.74, 6) is 1.77. The molecule has 0 saturated carbocycles. The highest BCUT2D eigenvalue weighted by Gasteiger charge is 2.23. The van der Waals surface area contributed by atoms with Crippen molar-refractivity contribution in [2.45, 2.75) is 13.0 Å². The second-order valence-electron chi connectivity index (χ2n) is 4.91. The van der Waals surface area contributed by atoms with Crippen LogP contribution in [0.2, 0.25) is 5.02 Å². The van der Waals surface area contributed by atoms with Crippen LogP contribution in [-0.2, 0) is 6.61 Å². The monoisotopic (exact) mass is 318 g/mol. The lowest BCUT2D eigenvalue weighted by Crippen LogP contribution is -2.15. The van der Waals surface area contributed by atoms with Crippen LogP contribution in [0.15, 0.2) is 36.4 Å². The van der Waals surface area contributed by atoms with Crippen molar-refractivity contribution in [3.8, 4) is 17.2 Å². The fraction of sp³-hybridized carbons (Fsp3) is 0.235. The average Bonchev–Trinajstić information content (AvgIpc) is 2.55. The van der Waals surface area contributed by atoms with Crippen molar-refractivity contribution in [3.05, 3.63) is 52.5 Å². The topological polar surface area (TPSA) is 44.8 Å². The lowest BCUT2D eigenvalue weighted by atomic mass is 10.0. The maximum absolute atomic E-state index is 11.8. The molecule has 4 nitrogen and oxygen atoms in total. The van der Waals surface area contributed by atoms with Gasteiger partial charge in [0.05, 0.1) is 19.3 Å². The van der Waals surface area contributed by atoms with Gasteiger partial charge in [-0.15, -0.1) is 0 Å². The van der Waals surface area contributed by atoms with E-state index in [-0.39, 0.29) is 5.78 Å². The van der Waals surface area contributed by atoms with Crippen LogP contribution in [-0.4, -0.2) is 19.5 Å². The second kappa shape index (κ2) is 6.28. The van der Waals surface area contributed by atoms with Crippen molar-refractivity contribution in [1.29, 1.82) is 0 Å². The number of rotatable bonds is 4. The Morgan fingerprint density at radius 1 is 1.18 bits per heavy atom. The van der Waals surface area contributed by atoms with Gasteiger partial charge >= 0.3 is 0 Å². The molecular weight excluding hydrogens is 304 g/mol. The minimum atomic E-state index is 0.0462. The third-order valence-corrected chi connectivity index (χ3v) is 3.85. The standard InChI is InChI=1S/C17H15ClO4/c1-20-12-4-2-11(3-5-12)10-22-15-7-6-13-14(19)8-9-21-17(13)16(15)18/h2-7H,8-10H2,1H3. The normalized spacial score (nSPS) is 13.3. The summed E-state index contributed by atoms with van der Waals surface area (Å²) >= 11 is 6.28. The van der Waals surface area contributed by atoms with Gasteiger partial charge in [-0.2, -0.15) is 0 Å². The molecule has 0 spiro atoms. The van der Waals surface area contributed by atoms with Crippen LogP contribution in [0.5, 0.6) is 17.2 Å². The molecule has 3 rings (SSSR count). The average molecular weight is 319 g/mol. The Labute approximate surface area is 133 Å². The van der Waals surface area contributed by atoms with Gasteiger partial charge < -0.3 is 14.2 Å². The highest BCUT2D eigenvalue weighted by Crippen LogP contribution is 2.39. The third kappa shape index (κ3) is 2.88. The van der Waals surface area contributed by atoms with Crippen LogP contribution in [0, 0.1) is 0 Å². The van der Waals surface area contributed by atoms with E-state index >= 15 is 0 Å². The van der Waals surface area contributed by atoms with E-state index < -0.39 is 0 Å².